The van der Waals surface area contributed by atoms with Crippen molar-refractivity contribution >= 4 is 15.9 Å². The van der Waals surface area contributed by atoms with Gasteiger partial charge in [-0.05, 0) is 37.2 Å². The Bertz CT molecular complexity index is 610. The molecule has 114 valence electrons. The normalized spacial score (nSPS) is 12.6. The molecule has 0 bridgehead atoms. The summed E-state index contributed by atoms with van der Waals surface area (Å²) in [5.41, 5.74) is 2.86. The van der Waals surface area contributed by atoms with Crippen LogP contribution in [0.15, 0.2) is 28.7 Å². The Morgan fingerprint density at radius 2 is 2.10 bits per heavy atom. The fourth-order valence-electron chi connectivity index (χ4n) is 2.46. The summed E-state index contributed by atoms with van der Waals surface area (Å²) in [6.45, 7) is 4.90. The van der Waals surface area contributed by atoms with Crippen LogP contribution in [0.2, 0.25) is 0 Å². The van der Waals surface area contributed by atoms with Crippen molar-refractivity contribution < 1.29 is 4.39 Å². The molecule has 0 fully saturated rings. The third-order valence-corrected chi connectivity index (χ3v) is 4.08. The van der Waals surface area contributed by atoms with E-state index >= 15 is 0 Å². The first-order valence-electron chi connectivity index (χ1n) is 7.25. The van der Waals surface area contributed by atoms with Crippen LogP contribution in [0.5, 0.6) is 0 Å². The summed E-state index contributed by atoms with van der Waals surface area (Å²) >= 11 is 3.42. The molecule has 3 nitrogen and oxygen atoms in total. The number of rotatable bonds is 6. The molecule has 0 aliphatic carbocycles. The molecule has 0 amide bonds. The number of halogens is 2. The van der Waals surface area contributed by atoms with E-state index in [-0.39, 0.29) is 11.9 Å². The monoisotopic (exact) mass is 353 g/mol. The number of aryl methyl sites for hydroxylation is 2. The maximum absolute atomic E-state index is 14.1. The van der Waals surface area contributed by atoms with Crippen molar-refractivity contribution in [2.24, 2.45) is 7.05 Å². The third kappa shape index (κ3) is 3.92. The van der Waals surface area contributed by atoms with E-state index in [1.54, 1.807) is 6.07 Å². The van der Waals surface area contributed by atoms with Crippen molar-refractivity contribution in [3.8, 4) is 0 Å². The van der Waals surface area contributed by atoms with Gasteiger partial charge in [-0.1, -0.05) is 29.8 Å². The van der Waals surface area contributed by atoms with E-state index in [0.717, 1.165) is 28.8 Å². The Labute approximate surface area is 133 Å². The van der Waals surface area contributed by atoms with Crippen LogP contribution in [0, 0.1) is 5.82 Å². The lowest BCUT2D eigenvalue weighted by Gasteiger charge is -2.19. The van der Waals surface area contributed by atoms with Gasteiger partial charge in [0, 0.05) is 35.2 Å². The molecule has 2 rings (SSSR count). The van der Waals surface area contributed by atoms with Gasteiger partial charge in [-0.25, -0.2) is 4.39 Å². The molecule has 1 unspecified atom stereocenters. The third-order valence-electron chi connectivity index (χ3n) is 3.59. The Morgan fingerprint density at radius 3 is 2.71 bits per heavy atom. The second kappa shape index (κ2) is 7.18. The maximum Gasteiger partial charge on any atom is 0.128 e. The number of likely N-dealkylation sites (N-methyl/N-ethyl adjacent to an activating group) is 1. The molecule has 0 radical (unpaired) electrons. The zero-order chi connectivity index (χ0) is 15.4. The standard InChI is InChI=1S/C16H21BrFN3/c1-4-12-9-13(21(3)20-12)10-16(19-5-2)14-8-11(17)6-7-15(14)18/h6-9,16,19H,4-5,10H2,1-3H3. The van der Waals surface area contributed by atoms with Crippen molar-refractivity contribution in [2.75, 3.05) is 6.54 Å². The minimum atomic E-state index is -0.179. The van der Waals surface area contributed by atoms with Gasteiger partial charge >= 0.3 is 0 Å². The number of benzene rings is 1. The van der Waals surface area contributed by atoms with Crippen LogP contribution < -0.4 is 5.32 Å². The van der Waals surface area contributed by atoms with Crippen LogP contribution >= 0.6 is 15.9 Å². The van der Waals surface area contributed by atoms with E-state index in [1.165, 1.54) is 6.07 Å². The molecule has 5 heteroatoms. The van der Waals surface area contributed by atoms with Crippen LogP contribution in [0.4, 0.5) is 4.39 Å². The van der Waals surface area contributed by atoms with E-state index in [1.807, 2.05) is 24.7 Å². The summed E-state index contributed by atoms with van der Waals surface area (Å²) in [6.07, 6.45) is 1.62. The maximum atomic E-state index is 14.1. The molecule has 0 saturated heterocycles. The van der Waals surface area contributed by atoms with Gasteiger partial charge < -0.3 is 5.32 Å². The molecule has 0 saturated carbocycles. The molecule has 0 spiro atoms. The second-order valence-corrected chi connectivity index (χ2v) is 6.00. The first-order chi connectivity index (χ1) is 10.0. The minimum absolute atomic E-state index is 0.0624. The zero-order valence-corrected chi connectivity index (χ0v) is 14.2. The smallest absolute Gasteiger partial charge is 0.128 e. The lowest BCUT2D eigenvalue weighted by molar-refractivity contribution is 0.496. The highest BCUT2D eigenvalue weighted by Gasteiger charge is 2.18. The average molecular weight is 354 g/mol. The number of aromatic nitrogens is 2. The van der Waals surface area contributed by atoms with Gasteiger partial charge in [-0.2, -0.15) is 5.10 Å². The summed E-state index contributed by atoms with van der Waals surface area (Å²) in [7, 11) is 1.94. The molecule has 1 heterocycles. The Morgan fingerprint density at radius 1 is 1.33 bits per heavy atom. The first-order valence-corrected chi connectivity index (χ1v) is 8.04. The van der Waals surface area contributed by atoms with E-state index in [2.05, 4.69) is 39.3 Å². The Hall–Kier alpha value is -1.20. The van der Waals surface area contributed by atoms with Crippen LogP contribution in [0.25, 0.3) is 0 Å². The highest BCUT2D eigenvalue weighted by molar-refractivity contribution is 9.10. The van der Waals surface area contributed by atoms with Gasteiger partial charge in [0.25, 0.3) is 0 Å². The Kier molecular flexibility index (Phi) is 5.53. The second-order valence-electron chi connectivity index (χ2n) is 5.08. The van der Waals surface area contributed by atoms with Crippen LogP contribution in [-0.4, -0.2) is 16.3 Å². The quantitative estimate of drug-likeness (QED) is 0.856. The van der Waals surface area contributed by atoms with Crippen molar-refractivity contribution in [1.29, 1.82) is 0 Å². The molecule has 1 N–H and O–H groups in total. The number of hydrogen-bond acceptors (Lipinski definition) is 2. The van der Waals surface area contributed by atoms with E-state index in [0.29, 0.717) is 12.0 Å². The van der Waals surface area contributed by atoms with Gasteiger partial charge in [-0.3, -0.25) is 4.68 Å². The topological polar surface area (TPSA) is 29.9 Å². The van der Waals surface area contributed by atoms with Crippen LogP contribution in [0.1, 0.15) is 36.8 Å². The van der Waals surface area contributed by atoms with Gasteiger partial charge in [0.05, 0.1) is 5.69 Å². The molecule has 21 heavy (non-hydrogen) atoms. The largest absolute Gasteiger partial charge is 0.310 e. The Balaban J connectivity index is 2.30. The van der Waals surface area contributed by atoms with Gasteiger partial charge in [0.15, 0.2) is 0 Å². The SMILES string of the molecule is CCNC(Cc1cc(CC)nn1C)c1cc(Br)ccc1F. The first kappa shape index (κ1) is 16.2. The summed E-state index contributed by atoms with van der Waals surface area (Å²) < 4.78 is 16.9. The molecule has 1 atom stereocenters. The predicted molar refractivity (Wildman–Crippen MR) is 86.8 cm³/mol. The average Bonchev–Trinajstić information content (AvgIpc) is 2.82. The molecular weight excluding hydrogens is 333 g/mol. The molecule has 0 aliphatic rings. The fraction of sp³-hybridized carbons (Fsp3) is 0.438. The molecular formula is C16H21BrFN3. The highest BCUT2D eigenvalue weighted by atomic mass is 79.9. The van der Waals surface area contributed by atoms with E-state index in [9.17, 15) is 4.39 Å². The molecule has 0 aliphatic heterocycles. The summed E-state index contributed by atoms with van der Waals surface area (Å²) in [5.74, 6) is -0.179. The van der Waals surface area contributed by atoms with Crippen molar-refractivity contribution in [1.82, 2.24) is 15.1 Å². The summed E-state index contributed by atoms with van der Waals surface area (Å²) in [4.78, 5) is 0. The summed E-state index contributed by atoms with van der Waals surface area (Å²) in [5, 5.41) is 7.83. The highest BCUT2D eigenvalue weighted by Crippen LogP contribution is 2.25. The predicted octanol–water partition coefficient (Wildman–Crippen LogP) is 3.78. The number of hydrogen-bond donors (Lipinski definition) is 1. The molecule has 2 aromatic rings. The van der Waals surface area contributed by atoms with Crippen molar-refractivity contribution in [2.45, 2.75) is 32.7 Å². The lowest BCUT2D eigenvalue weighted by atomic mass is 10.0. The number of nitrogens with one attached hydrogen (secondary N) is 1. The van der Waals surface area contributed by atoms with Gasteiger partial charge in [-0.15, -0.1) is 0 Å². The minimum Gasteiger partial charge on any atom is -0.310 e. The molecule has 1 aromatic heterocycles. The molecule has 1 aromatic carbocycles. The van der Waals surface area contributed by atoms with Gasteiger partial charge in [0.2, 0.25) is 0 Å². The lowest BCUT2D eigenvalue weighted by Crippen LogP contribution is -2.24. The van der Waals surface area contributed by atoms with Crippen LogP contribution in [-0.2, 0) is 19.9 Å². The zero-order valence-electron chi connectivity index (χ0n) is 12.7. The van der Waals surface area contributed by atoms with Gasteiger partial charge in [0.1, 0.15) is 5.82 Å². The fourth-order valence-corrected chi connectivity index (χ4v) is 2.84. The van der Waals surface area contributed by atoms with Crippen LogP contribution in [0.3, 0.4) is 0 Å². The van der Waals surface area contributed by atoms with E-state index < -0.39 is 0 Å². The van der Waals surface area contributed by atoms with Crippen molar-refractivity contribution in [3.63, 3.8) is 0 Å². The van der Waals surface area contributed by atoms with E-state index in [4.69, 9.17) is 0 Å². The number of nitrogens with zero attached hydrogens (tertiary/aromatic N) is 2. The summed E-state index contributed by atoms with van der Waals surface area (Å²) in [6, 6.07) is 7.11. The van der Waals surface area contributed by atoms with Crippen molar-refractivity contribution in [3.05, 3.63) is 51.5 Å².